The monoisotopic (exact) mass is 1420 g/mol. The van der Waals surface area contributed by atoms with Crippen LogP contribution in [0.4, 0.5) is 0 Å². The van der Waals surface area contributed by atoms with Crippen molar-refractivity contribution in [1.29, 1.82) is 0 Å². The number of aryl methyl sites for hydroxylation is 4. The highest BCUT2D eigenvalue weighted by molar-refractivity contribution is 8.28. The van der Waals surface area contributed by atoms with Crippen LogP contribution in [0, 0.1) is 63.2 Å². The highest BCUT2D eigenvalue weighted by atomic mass is 32.2. The van der Waals surface area contributed by atoms with E-state index in [2.05, 4.69) is 214 Å². The van der Waals surface area contributed by atoms with Gasteiger partial charge in [-0.2, -0.15) is 0 Å². The van der Waals surface area contributed by atoms with Crippen LogP contribution in [0.3, 0.4) is 0 Å². The van der Waals surface area contributed by atoms with Crippen molar-refractivity contribution in [2.75, 3.05) is 11.5 Å². The summed E-state index contributed by atoms with van der Waals surface area (Å²) in [5.74, 6) is 19.3. The fourth-order valence-electron chi connectivity index (χ4n) is 12.6. The van der Waals surface area contributed by atoms with Gasteiger partial charge in [0, 0.05) is 25.4 Å². The molecule has 0 radical (unpaired) electrons. The Balaban J connectivity index is 0.000000291. The van der Waals surface area contributed by atoms with Crippen molar-refractivity contribution < 1.29 is 18.9 Å². The number of ether oxygens (including phenoxy) is 4. The molecule has 0 spiro atoms. The van der Waals surface area contributed by atoms with Gasteiger partial charge in [-0.15, -0.1) is 0 Å². The van der Waals surface area contributed by atoms with Crippen LogP contribution in [0.15, 0.2) is 253 Å². The lowest BCUT2D eigenvalue weighted by molar-refractivity contribution is -0.0431. The maximum atomic E-state index is 5.55. The quantitative estimate of drug-likeness (QED) is 0.130. The van der Waals surface area contributed by atoms with E-state index in [1.807, 2.05) is 107 Å². The van der Waals surface area contributed by atoms with Crippen LogP contribution >= 0.6 is 9.21 Å². The minimum absolute atomic E-state index is 0.352. The predicted molar refractivity (Wildman–Crippen MR) is 462 cm³/mol. The van der Waals surface area contributed by atoms with Crippen molar-refractivity contribution >= 4 is 20.9 Å². The summed E-state index contributed by atoms with van der Waals surface area (Å²) in [4.78, 5) is 0. The van der Waals surface area contributed by atoms with Gasteiger partial charge in [0.05, 0.1) is 0 Å². The van der Waals surface area contributed by atoms with Gasteiger partial charge in [-0.05, 0) is 229 Å². The number of hydrogen-bond acceptors (Lipinski definition) is 4. The second-order valence-corrected chi connectivity index (χ2v) is 34.8. The van der Waals surface area contributed by atoms with Gasteiger partial charge in [-0.1, -0.05) is 320 Å². The Labute approximate surface area is 633 Å². The normalized spacial score (nSPS) is 21.4. The molecule has 3 heterocycles. The summed E-state index contributed by atoms with van der Waals surface area (Å²) in [6.45, 7) is 59.7. The van der Waals surface area contributed by atoms with Crippen LogP contribution in [-0.2, 0) is 0 Å². The first kappa shape index (κ1) is 90.0. The highest BCUT2D eigenvalue weighted by Crippen LogP contribution is 2.40. The van der Waals surface area contributed by atoms with Gasteiger partial charge in [0.15, 0.2) is 23.0 Å². The van der Waals surface area contributed by atoms with Gasteiger partial charge >= 0.3 is 0 Å². The molecule has 0 aromatic heterocycles. The van der Waals surface area contributed by atoms with E-state index in [0.717, 1.165) is 107 Å². The van der Waals surface area contributed by atoms with E-state index in [9.17, 15) is 0 Å². The van der Waals surface area contributed by atoms with Crippen LogP contribution in [-0.4, -0.2) is 29.0 Å². The van der Waals surface area contributed by atoms with Crippen molar-refractivity contribution in [2.24, 2.45) is 35.5 Å². The number of allylic oxidation sites excluding steroid dienone is 17. The third-order valence-electron chi connectivity index (χ3n) is 19.7. The molecule has 15 rings (SSSR count). The van der Waals surface area contributed by atoms with Gasteiger partial charge in [0.25, 0.3) is 5.95 Å². The lowest BCUT2D eigenvalue weighted by Gasteiger charge is -2.18. The van der Waals surface area contributed by atoms with E-state index in [1.54, 1.807) is 0 Å². The van der Waals surface area contributed by atoms with Gasteiger partial charge in [0.1, 0.15) is 0 Å². The molecule has 103 heavy (non-hydrogen) atoms. The van der Waals surface area contributed by atoms with E-state index in [-0.39, 0.29) is 0 Å². The third-order valence-corrected chi connectivity index (χ3v) is 21.7. The largest absolute Gasteiger partial charge is 0.449 e. The van der Waals surface area contributed by atoms with Gasteiger partial charge in [-0.25, -0.2) is 9.21 Å². The molecule has 0 amide bonds. The van der Waals surface area contributed by atoms with E-state index in [0.29, 0.717) is 5.95 Å². The van der Waals surface area contributed by atoms with E-state index in [1.165, 1.54) is 170 Å². The Kier molecular flexibility index (Phi) is 42.6. The molecule has 3 atom stereocenters. The molecule has 11 aliphatic rings. The number of rotatable bonds is 0. The third kappa shape index (κ3) is 42.4. The molecule has 4 nitrogen and oxygen atoms in total. The zero-order chi connectivity index (χ0) is 76.5. The second-order valence-electron chi connectivity index (χ2n) is 31.7. The lowest BCUT2D eigenvalue weighted by atomic mass is 9.88. The minimum Gasteiger partial charge on any atom is -0.449 e. The SMILES string of the molecule is C=C1C=CC(C)=C1.C=C1CC=C(C)C1.C=C1CC=C(C)CC1.C=C1CCC(C)C1.C=C1CCC(C)CC1.C=C1Oc2ccc(C)cc2O1.C=S1(=C)CC=C(C)C1.CC1=CCC=C1.CC1CCC(C)C1C.CC1CCCCC1.Cc1ccc2c(c1)OC(C)(C)O2.Cc1ccccc1.Cc1ccccc1. The standard InChI is InChI=1S/C10H12O2.C9H8O2.C8H16.C8H14.C8H12.C7H12S.C7H12.C7H10.C7H8.C7H14.2C7H8.C6H8/c1-7-4-5-8-9(6-7)12-10(2,3)11-8;1-6-3-4-8-9(5-6)11-7(2)10-8;1-6-4-5-7(2)8(6)3;2*1-7-3-5-8(2)6-4-7;1-7-4-5-8(2,3)6-7;3*1-6-3-4-7(2)5-6;3*1-7-5-3-2-4-6-7;1-6-4-2-3-5-6/h4-6H,1-3H3;3-5H,2H2,1H3;6-8H,4-5H2,1-3H3;8H,1,3-6H2,2H3;5H,1,3-4,6H2,2H3;4H,2-3,5-6H2,1H3;7H,1,3-5H2,2H3;4H,1,3,5H2,2H3;3-5H,1H2,2H3;7H,2-6H2,1H3;2*2-6H,1H3;2,4-5H,3H2,1H3. The van der Waals surface area contributed by atoms with Crippen molar-refractivity contribution in [3.63, 3.8) is 0 Å². The molecule has 0 saturated heterocycles. The molecule has 0 bridgehead atoms. The summed E-state index contributed by atoms with van der Waals surface area (Å²) in [6.07, 6.45) is 46.0. The van der Waals surface area contributed by atoms with Crippen LogP contribution in [0.25, 0.3) is 0 Å². The molecule has 5 heteroatoms. The van der Waals surface area contributed by atoms with Crippen LogP contribution < -0.4 is 18.9 Å². The van der Waals surface area contributed by atoms with Crippen LogP contribution in [0.2, 0.25) is 0 Å². The summed E-state index contributed by atoms with van der Waals surface area (Å²) < 4.78 is 21.4. The Morgan fingerprint density at radius 1 is 0.427 bits per heavy atom. The lowest BCUT2D eigenvalue weighted by Crippen LogP contribution is -2.29. The molecular formula is C98H142O4S. The van der Waals surface area contributed by atoms with E-state index < -0.39 is 15.0 Å². The average Bonchev–Trinajstić information content (AvgIpc) is 1.67. The molecule has 0 N–H and O–H groups in total. The Morgan fingerprint density at radius 3 is 1.25 bits per heavy atom. The van der Waals surface area contributed by atoms with Crippen LogP contribution in [0.1, 0.15) is 241 Å². The summed E-state index contributed by atoms with van der Waals surface area (Å²) in [7, 11) is -0.688. The summed E-state index contributed by atoms with van der Waals surface area (Å²) in [5, 5.41) is 0. The Hall–Kier alpha value is -7.21. The van der Waals surface area contributed by atoms with Crippen molar-refractivity contribution in [3.8, 4) is 23.0 Å². The second kappa shape index (κ2) is 48.7. The fraction of sp³-hybridized carbons (Fsp3) is 0.469. The molecule has 3 aliphatic heterocycles. The summed E-state index contributed by atoms with van der Waals surface area (Å²) in [5.41, 5.74) is 18.9. The topological polar surface area (TPSA) is 36.9 Å². The first-order chi connectivity index (χ1) is 48.7. The average molecular weight is 1420 g/mol. The number of fused-ring (bicyclic) bond motifs is 2. The number of benzene rings is 4. The van der Waals surface area contributed by atoms with E-state index >= 15 is 0 Å². The number of hydrogen-bond donors (Lipinski definition) is 0. The molecule has 4 aromatic rings. The summed E-state index contributed by atoms with van der Waals surface area (Å²) in [6, 6.07) is 32.2. The molecule has 564 valence electrons. The van der Waals surface area contributed by atoms with Crippen molar-refractivity contribution in [1.82, 2.24) is 0 Å². The molecule has 4 aromatic carbocycles. The first-order valence-corrected chi connectivity index (χ1v) is 41.1. The minimum atomic E-state index is -0.688. The van der Waals surface area contributed by atoms with Gasteiger partial charge in [0.2, 0.25) is 5.79 Å². The molecule has 4 saturated carbocycles. The first-order valence-electron chi connectivity index (χ1n) is 38.8. The van der Waals surface area contributed by atoms with Crippen LogP contribution in [0.5, 0.6) is 23.0 Å². The van der Waals surface area contributed by atoms with Crippen molar-refractivity contribution in [3.05, 3.63) is 275 Å². The van der Waals surface area contributed by atoms with Gasteiger partial charge < -0.3 is 18.9 Å². The Morgan fingerprint density at radius 2 is 0.942 bits per heavy atom. The maximum absolute atomic E-state index is 5.55. The molecule has 4 fully saturated rings. The highest BCUT2D eigenvalue weighted by Gasteiger charge is 2.31. The van der Waals surface area contributed by atoms with E-state index in [4.69, 9.17) is 18.9 Å². The summed E-state index contributed by atoms with van der Waals surface area (Å²) >= 11 is 0. The zero-order valence-electron chi connectivity index (χ0n) is 68.2. The maximum Gasteiger partial charge on any atom is 0.282 e. The van der Waals surface area contributed by atoms with Gasteiger partial charge in [-0.3, -0.25) is 0 Å². The predicted octanol–water partition coefficient (Wildman–Crippen LogP) is 29.6. The van der Waals surface area contributed by atoms with Crippen molar-refractivity contribution in [2.45, 2.75) is 252 Å². The zero-order valence-corrected chi connectivity index (χ0v) is 69.0. The smallest absolute Gasteiger partial charge is 0.282 e. The molecule has 8 aliphatic carbocycles. The fourth-order valence-corrected chi connectivity index (χ4v) is 14.4. The molecular weight excluding hydrogens is 1270 g/mol. The molecule has 3 unspecified atom stereocenters. The Bertz CT molecular complexity index is 3540.